The summed E-state index contributed by atoms with van der Waals surface area (Å²) in [4.78, 5) is 0. The van der Waals surface area contributed by atoms with E-state index in [2.05, 4.69) is 13.0 Å². The zero-order valence-electron chi connectivity index (χ0n) is 12.1. The molecule has 0 N–H and O–H groups in total. The van der Waals surface area contributed by atoms with Crippen molar-refractivity contribution in [2.75, 3.05) is 13.2 Å². The fourth-order valence-corrected chi connectivity index (χ4v) is 2.93. The summed E-state index contributed by atoms with van der Waals surface area (Å²) in [5.74, 6) is -0.673. The molecule has 1 aliphatic heterocycles. The van der Waals surface area contributed by atoms with Gasteiger partial charge in [0, 0.05) is 11.5 Å². The molecule has 0 radical (unpaired) electrons. The molecule has 0 bridgehead atoms. The van der Waals surface area contributed by atoms with Crippen LogP contribution in [0.4, 0.5) is 8.78 Å². The number of benzene rings is 1. The van der Waals surface area contributed by atoms with E-state index in [0.29, 0.717) is 24.7 Å². The van der Waals surface area contributed by atoms with Gasteiger partial charge in [0.2, 0.25) is 0 Å². The van der Waals surface area contributed by atoms with Gasteiger partial charge in [-0.1, -0.05) is 24.6 Å². The fraction of sp³-hybridized carbons (Fsp3) is 0.529. The van der Waals surface area contributed by atoms with E-state index in [4.69, 9.17) is 9.47 Å². The third-order valence-corrected chi connectivity index (χ3v) is 4.35. The Morgan fingerprint density at radius 2 is 1.86 bits per heavy atom. The minimum Gasteiger partial charge on any atom is -0.348 e. The van der Waals surface area contributed by atoms with Gasteiger partial charge in [-0.05, 0) is 37.3 Å². The molecule has 0 saturated carbocycles. The van der Waals surface area contributed by atoms with Gasteiger partial charge in [0.1, 0.15) is 0 Å². The molecular formula is C17H20F2O2. The number of hydrogen-bond acceptors (Lipinski definition) is 2. The summed E-state index contributed by atoms with van der Waals surface area (Å²) in [7, 11) is 0. The lowest BCUT2D eigenvalue weighted by Gasteiger charge is -2.33. The van der Waals surface area contributed by atoms with Crippen LogP contribution in [0.15, 0.2) is 29.8 Å². The molecule has 114 valence electrons. The maximum atomic E-state index is 13.2. The normalized spacial score (nSPS) is 30.0. The van der Waals surface area contributed by atoms with Crippen LogP contribution in [0.5, 0.6) is 0 Å². The third kappa shape index (κ3) is 3.33. The van der Waals surface area contributed by atoms with Crippen LogP contribution >= 0.6 is 0 Å². The van der Waals surface area contributed by atoms with Crippen molar-refractivity contribution >= 4 is 0 Å². The quantitative estimate of drug-likeness (QED) is 0.754. The van der Waals surface area contributed by atoms with Gasteiger partial charge in [-0.3, -0.25) is 0 Å². The lowest BCUT2D eigenvalue weighted by atomic mass is 9.85. The zero-order chi connectivity index (χ0) is 14.8. The van der Waals surface area contributed by atoms with Gasteiger partial charge in [0.25, 0.3) is 0 Å². The van der Waals surface area contributed by atoms with Gasteiger partial charge in [-0.15, -0.1) is 0 Å². The van der Waals surface area contributed by atoms with Crippen molar-refractivity contribution in [3.05, 3.63) is 47.0 Å². The highest BCUT2D eigenvalue weighted by molar-refractivity contribution is 5.19. The molecule has 1 fully saturated rings. The Morgan fingerprint density at radius 1 is 1.10 bits per heavy atom. The number of rotatable bonds is 2. The van der Waals surface area contributed by atoms with Gasteiger partial charge in [-0.25, -0.2) is 8.78 Å². The van der Waals surface area contributed by atoms with Crippen molar-refractivity contribution in [1.29, 1.82) is 0 Å². The molecule has 1 heterocycles. The second-order valence-electron chi connectivity index (χ2n) is 6.03. The van der Waals surface area contributed by atoms with Crippen molar-refractivity contribution in [2.45, 2.75) is 32.5 Å². The second kappa shape index (κ2) is 6.24. The molecule has 1 aromatic carbocycles. The summed E-state index contributed by atoms with van der Waals surface area (Å²) in [6.07, 6.45) is 5.16. The Hall–Kier alpha value is -1.26. The smallest absolute Gasteiger partial charge is 0.183 e. The van der Waals surface area contributed by atoms with E-state index in [1.807, 2.05) is 0 Å². The predicted octanol–water partition coefficient (Wildman–Crippen LogP) is 4.37. The molecule has 1 aromatic rings. The van der Waals surface area contributed by atoms with Gasteiger partial charge in [-0.2, -0.15) is 0 Å². The molecule has 1 saturated heterocycles. The first kappa shape index (κ1) is 14.7. The molecule has 1 unspecified atom stereocenters. The van der Waals surface area contributed by atoms with E-state index >= 15 is 0 Å². The van der Waals surface area contributed by atoms with E-state index in [9.17, 15) is 8.78 Å². The van der Waals surface area contributed by atoms with Gasteiger partial charge in [0.15, 0.2) is 17.9 Å². The van der Waals surface area contributed by atoms with Crippen molar-refractivity contribution < 1.29 is 18.3 Å². The fourth-order valence-electron chi connectivity index (χ4n) is 2.93. The highest BCUT2D eigenvalue weighted by atomic mass is 19.2. The molecule has 2 nitrogen and oxygen atoms in total. The largest absolute Gasteiger partial charge is 0.348 e. The van der Waals surface area contributed by atoms with Crippen LogP contribution in [0.25, 0.3) is 0 Å². The predicted molar refractivity (Wildman–Crippen MR) is 75.6 cm³/mol. The molecule has 0 aromatic heterocycles. The van der Waals surface area contributed by atoms with Gasteiger partial charge >= 0.3 is 0 Å². The summed E-state index contributed by atoms with van der Waals surface area (Å²) in [5.41, 5.74) is 1.94. The molecule has 4 heteroatoms. The van der Waals surface area contributed by atoms with Crippen LogP contribution in [-0.4, -0.2) is 13.2 Å². The van der Waals surface area contributed by atoms with Crippen LogP contribution in [0, 0.1) is 23.5 Å². The standard InChI is InChI=1S/C17H20F2O2/c1-11-2-4-12(5-3-11)14-9-20-17(21-10-14)13-6-7-15(18)16(19)8-13/h4,6-8,11,14,17H,2-3,5,9-10H2,1H3. The second-order valence-corrected chi connectivity index (χ2v) is 6.03. The number of allylic oxidation sites excluding steroid dienone is 1. The van der Waals surface area contributed by atoms with E-state index < -0.39 is 17.9 Å². The summed E-state index contributed by atoms with van der Waals surface area (Å²) in [5, 5.41) is 0. The third-order valence-electron chi connectivity index (χ3n) is 4.35. The minimum absolute atomic E-state index is 0.291. The summed E-state index contributed by atoms with van der Waals surface area (Å²) in [6.45, 7) is 3.41. The van der Waals surface area contributed by atoms with E-state index in [1.165, 1.54) is 18.1 Å². The Balaban J connectivity index is 1.61. The maximum Gasteiger partial charge on any atom is 0.183 e. The Labute approximate surface area is 123 Å². The molecule has 3 rings (SSSR count). The van der Waals surface area contributed by atoms with Crippen molar-refractivity contribution in [1.82, 2.24) is 0 Å². The maximum absolute atomic E-state index is 13.2. The molecule has 2 aliphatic rings. The van der Waals surface area contributed by atoms with Crippen molar-refractivity contribution in [3.8, 4) is 0 Å². The lowest BCUT2D eigenvalue weighted by Crippen LogP contribution is -2.29. The van der Waals surface area contributed by atoms with Crippen molar-refractivity contribution in [3.63, 3.8) is 0 Å². The first-order valence-corrected chi connectivity index (χ1v) is 7.50. The lowest BCUT2D eigenvalue weighted by molar-refractivity contribution is -0.199. The average Bonchev–Trinajstić information content (AvgIpc) is 2.51. The molecule has 21 heavy (non-hydrogen) atoms. The Kier molecular flexibility index (Phi) is 4.36. The van der Waals surface area contributed by atoms with Gasteiger partial charge in [0.05, 0.1) is 13.2 Å². The number of halogens is 2. The number of ether oxygens (including phenoxy) is 2. The van der Waals surface area contributed by atoms with Crippen LogP contribution in [0.1, 0.15) is 38.0 Å². The average molecular weight is 294 g/mol. The van der Waals surface area contributed by atoms with Crippen LogP contribution in [-0.2, 0) is 9.47 Å². The highest BCUT2D eigenvalue weighted by Crippen LogP contribution is 2.33. The first-order valence-electron chi connectivity index (χ1n) is 7.50. The summed E-state index contributed by atoms with van der Waals surface area (Å²) in [6, 6.07) is 3.75. The van der Waals surface area contributed by atoms with Crippen LogP contribution in [0.3, 0.4) is 0 Å². The Morgan fingerprint density at radius 3 is 2.48 bits per heavy atom. The topological polar surface area (TPSA) is 18.5 Å². The summed E-state index contributed by atoms with van der Waals surface area (Å²) < 4.78 is 37.6. The van der Waals surface area contributed by atoms with Crippen LogP contribution in [0.2, 0.25) is 0 Å². The van der Waals surface area contributed by atoms with Crippen LogP contribution < -0.4 is 0 Å². The minimum atomic E-state index is -0.870. The first-order chi connectivity index (χ1) is 10.1. The van der Waals surface area contributed by atoms with Crippen molar-refractivity contribution in [2.24, 2.45) is 11.8 Å². The molecule has 1 aliphatic carbocycles. The zero-order valence-corrected chi connectivity index (χ0v) is 12.1. The Bertz CT molecular complexity index is 534. The molecule has 0 amide bonds. The molecular weight excluding hydrogens is 274 g/mol. The SMILES string of the molecule is CC1CC=C(C2COC(c3ccc(F)c(F)c3)OC2)CC1. The van der Waals surface area contributed by atoms with E-state index in [-0.39, 0.29) is 0 Å². The monoisotopic (exact) mass is 294 g/mol. The summed E-state index contributed by atoms with van der Waals surface area (Å²) >= 11 is 0. The molecule has 1 atom stereocenters. The number of hydrogen-bond donors (Lipinski definition) is 0. The van der Waals surface area contributed by atoms with Gasteiger partial charge < -0.3 is 9.47 Å². The van der Waals surface area contributed by atoms with E-state index in [1.54, 1.807) is 0 Å². The van der Waals surface area contributed by atoms with E-state index in [0.717, 1.165) is 30.9 Å². The highest BCUT2D eigenvalue weighted by Gasteiger charge is 2.27. The molecule has 0 spiro atoms.